The van der Waals surface area contributed by atoms with Crippen molar-refractivity contribution in [2.24, 2.45) is 0 Å². The molecular formula is C12H11ClF3N. The third-order valence-corrected chi connectivity index (χ3v) is 2.35. The predicted molar refractivity (Wildman–Crippen MR) is 63.0 cm³/mol. The van der Waals surface area contributed by atoms with E-state index in [0.717, 1.165) is 12.1 Å². The molecule has 1 nitrogen and oxygen atoms in total. The molecule has 0 aliphatic carbocycles. The maximum absolute atomic E-state index is 12.4. The zero-order valence-electron chi connectivity index (χ0n) is 9.16. The van der Waals surface area contributed by atoms with E-state index in [1.807, 2.05) is 0 Å². The first kappa shape index (κ1) is 13.7. The summed E-state index contributed by atoms with van der Waals surface area (Å²) in [6, 6.07) is 3.24. The first-order chi connectivity index (χ1) is 7.95. The fourth-order valence-electron chi connectivity index (χ4n) is 1.22. The lowest BCUT2D eigenvalue weighted by Gasteiger charge is -2.10. The summed E-state index contributed by atoms with van der Waals surface area (Å²) in [5, 5.41) is 2.98. The largest absolute Gasteiger partial charge is 0.416 e. The van der Waals surface area contributed by atoms with Crippen molar-refractivity contribution >= 4 is 17.3 Å². The fourth-order valence-corrected chi connectivity index (χ4v) is 1.47. The molecule has 1 aromatic carbocycles. The number of halogens is 4. The van der Waals surface area contributed by atoms with Crippen molar-refractivity contribution in [2.75, 3.05) is 11.9 Å². The molecule has 17 heavy (non-hydrogen) atoms. The molecule has 0 fully saturated rings. The van der Waals surface area contributed by atoms with E-state index in [-0.39, 0.29) is 5.02 Å². The first-order valence-electron chi connectivity index (χ1n) is 4.95. The van der Waals surface area contributed by atoms with Crippen molar-refractivity contribution in [1.29, 1.82) is 0 Å². The van der Waals surface area contributed by atoms with E-state index in [1.165, 1.54) is 6.07 Å². The Morgan fingerprint density at radius 1 is 1.35 bits per heavy atom. The van der Waals surface area contributed by atoms with Crippen molar-refractivity contribution in [2.45, 2.75) is 19.5 Å². The highest BCUT2D eigenvalue weighted by atomic mass is 35.5. The Morgan fingerprint density at radius 2 is 2.06 bits per heavy atom. The Kier molecular flexibility index (Phi) is 4.71. The normalized spacial score (nSPS) is 10.6. The van der Waals surface area contributed by atoms with Gasteiger partial charge in [-0.15, -0.1) is 11.8 Å². The molecule has 5 heteroatoms. The van der Waals surface area contributed by atoms with Crippen molar-refractivity contribution in [3.05, 3.63) is 28.8 Å². The van der Waals surface area contributed by atoms with Gasteiger partial charge in [0.25, 0.3) is 0 Å². The van der Waals surface area contributed by atoms with Crippen LogP contribution in [-0.2, 0) is 6.18 Å². The Morgan fingerprint density at radius 3 is 2.59 bits per heavy atom. The standard InChI is InChI=1S/C12H11ClF3N/c1-2-3-4-7-17-11-6-5-9(8-10(11)13)12(14,15)16/h5-6,8,17H,4,7H2,1H3. The van der Waals surface area contributed by atoms with Crippen LogP contribution in [0.1, 0.15) is 18.9 Å². The van der Waals surface area contributed by atoms with Gasteiger partial charge in [0.2, 0.25) is 0 Å². The highest BCUT2D eigenvalue weighted by molar-refractivity contribution is 6.33. The molecule has 0 unspecified atom stereocenters. The summed E-state index contributed by atoms with van der Waals surface area (Å²) in [4.78, 5) is 0. The zero-order chi connectivity index (χ0) is 12.9. The summed E-state index contributed by atoms with van der Waals surface area (Å²) >= 11 is 5.75. The molecule has 0 aromatic heterocycles. The summed E-state index contributed by atoms with van der Waals surface area (Å²) in [5.74, 6) is 5.56. The first-order valence-corrected chi connectivity index (χ1v) is 5.33. The van der Waals surface area contributed by atoms with Crippen LogP contribution in [0.5, 0.6) is 0 Å². The molecule has 1 aromatic rings. The molecule has 1 rings (SSSR count). The summed E-state index contributed by atoms with van der Waals surface area (Å²) in [5.41, 5.74) is -0.265. The van der Waals surface area contributed by atoms with Crippen LogP contribution in [0.2, 0.25) is 5.02 Å². The van der Waals surface area contributed by atoms with Crippen LogP contribution in [-0.4, -0.2) is 6.54 Å². The van der Waals surface area contributed by atoms with Crippen LogP contribution in [0.4, 0.5) is 18.9 Å². The lowest BCUT2D eigenvalue weighted by Crippen LogP contribution is -2.06. The van der Waals surface area contributed by atoms with Gasteiger partial charge in [-0.05, 0) is 25.1 Å². The van der Waals surface area contributed by atoms with Gasteiger partial charge in [-0.2, -0.15) is 13.2 Å². The van der Waals surface area contributed by atoms with Crippen LogP contribution >= 0.6 is 11.6 Å². The monoisotopic (exact) mass is 261 g/mol. The molecule has 0 spiro atoms. The highest BCUT2D eigenvalue weighted by Gasteiger charge is 2.30. The van der Waals surface area contributed by atoms with Gasteiger partial charge in [-0.3, -0.25) is 0 Å². The zero-order valence-corrected chi connectivity index (χ0v) is 9.91. The molecule has 92 valence electrons. The van der Waals surface area contributed by atoms with Crippen molar-refractivity contribution in [1.82, 2.24) is 0 Å². The van der Waals surface area contributed by atoms with E-state index in [2.05, 4.69) is 17.2 Å². The Hall–Kier alpha value is -1.34. The lowest BCUT2D eigenvalue weighted by molar-refractivity contribution is -0.137. The van der Waals surface area contributed by atoms with E-state index in [1.54, 1.807) is 6.92 Å². The number of benzene rings is 1. The molecule has 0 atom stereocenters. The molecular weight excluding hydrogens is 251 g/mol. The minimum absolute atomic E-state index is 0.0595. The van der Waals surface area contributed by atoms with Gasteiger partial charge in [0, 0.05) is 13.0 Å². The van der Waals surface area contributed by atoms with E-state index < -0.39 is 11.7 Å². The number of hydrogen-bond donors (Lipinski definition) is 1. The molecule has 1 N–H and O–H groups in total. The third-order valence-electron chi connectivity index (χ3n) is 2.04. The second kappa shape index (κ2) is 5.83. The van der Waals surface area contributed by atoms with Crippen LogP contribution in [0.3, 0.4) is 0 Å². The number of nitrogens with one attached hydrogen (secondary N) is 1. The van der Waals surface area contributed by atoms with Gasteiger partial charge in [0.1, 0.15) is 0 Å². The number of rotatable bonds is 3. The average Bonchev–Trinajstić information content (AvgIpc) is 2.24. The van der Waals surface area contributed by atoms with E-state index in [4.69, 9.17) is 11.6 Å². The van der Waals surface area contributed by atoms with E-state index >= 15 is 0 Å². The summed E-state index contributed by atoms with van der Waals surface area (Å²) in [6.07, 6.45) is -3.75. The molecule has 0 radical (unpaired) electrons. The van der Waals surface area contributed by atoms with Gasteiger partial charge < -0.3 is 5.32 Å². The van der Waals surface area contributed by atoms with E-state index in [9.17, 15) is 13.2 Å². The minimum Gasteiger partial charge on any atom is -0.383 e. The molecule has 0 saturated carbocycles. The molecule has 0 saturated heterocycles. The van der Waals surface area contributed by atoms with Crippen molar-refractivity contribution in [3.63, 3.8) is 0 Å². The second-order valence-corrected chi connectivity index (χ2v) is 3.70. The number of anilines is 1. The maximum Gasteiger partial charge on any atom is 0.416 e. The predicted octanol–water partition coefficient (Wildman–Crippen LogP) is 4.18. The van der Waals surface area contributed by atoms with Crippen LogP contribution in [0.15, 0.2) is 18.2 Å². The van der Waals surface area contributed by atoms with Gasteiger partial charge in [0.15, 0.2) is 0 Å². The van der Waals surface area contributed by atoms with Crippen LogP contribution in [0, 0.1) is 11.8 Å². The maximum atomic E-state index is 12.4. The molecule has 0 aliphatic heterocycles. The summed E-state index contributed by atoms with van der Waals surface area (Å²) in [7, 11) is 0. The van der Waals surface area contributed by atoms with Gasteiger partial charge >= 0.3 is 6.18 Å². The third kappa shape index (κ3) is 4.20. The second-order valence-electron chi connectivity index (χ2n) is 3.30. The SMILES string of the molecule is CC#CCCNc1ccc(C(F)(F)F)cc1Cl. The minimum atomic E-state index is -4.37. The molecule has 0 amide bonds. The van der Waals surface area contributed by atoms with E-state index in [0.29, 0.717) is 18.7 Å². The Labute approximate surface area is 103 Å². The molecule has 0 bridgehead atoms. The van der Waals surface area contributed by atoms with Gasteiger partial charge in [0.05, 0.1) is 16.3 Å². The summed E-state index contributed by atoms with van der Waals surface area (Å²) in [6.45, 7) is 2.27. The average molecular weight is 262 g/mol. The number of hydrogen-bond acceptors (Lipinski definition) is 1. The van der Waals surface area contributed by atoms with Crippen LogP contribution < -0.4 is 5.32 Å². The van der Waals surface area contributed by atoms with Crippen molar-refractivity contribution < 1.29 is 13.2 Å². The molecule has 0 heterocycles. The quantitative estimate of drug-likeness (QED) is 0.636. The Bertz CT molecular complexity index is 443. The van der Waals surface area contributed by atoms with Crippen molar-refractivity contribution in [3.8, 4) is 11.8 Å². The Balaban J connectivity index is 2.72. The highest BCUT2D eigenvalue weighted by Crippen LogP contribution is 2.33. The molecule has 0 aliphatic rings. The van der Waals surface area contributed by atoms with Gasteiger partial charge in [-0.25, -0.2) is 0 Å². The lowest BCUT2D eigenvalue weighted by atomic mass is 10.2. The van der Waals surface area contributed by atoms with Crippen LogP contribution in [0.25, 0.3) is 0 Å². The topological polar surface area (TPSA) is 12.0 Å². The fraction of sp³-hybridized carbons (Fsp3) is 0.333. The number of alkyl halides is 3. The summed E-state index contributed by atoms with van der Waals surface area (Å²) < 4.78 is 37.1. The van der Waals surface area contributed by atoms with Gasteiger partial charge in [-0.1, -0.05) is 11.6 Å². The smallest absolute Gasteiger partial charge is 0.383 e.